The molecule has 0 bridgehead atoms. The molecule has 0 saturated carbocycles. The van der Waals surface area contributed by atoms with Gasteiger partial charge >= 0.3 is 0 Å². The summed E-state index contributed by atoms with van der Waals surface area (Å²) in [4.78, 5) is 12.5. The van der Waals surface area contributed by atoms with Crippen molar-refractivity contribution in [3.05, 3.63) is 64.8 Å². The minimum absolute atomic E-state index is 0.0231. The molecule has 2 N–H and O–H groups in total. The molecule has 1 aromatic heterocycles. The number of halogens is 1. The monoisotopic (exact) mass is 623 g/mol. The fraction of sp³-hybridized carbons (Fsp3) is 0.455. The van der Waals surface area contributed by atoms with Crippen molar-refractivity contribution in [1.82, 2.24) is 14.9 Å². The second-order valence-electron chi connectivity index (χ2n) is 11.6. The summed E-state index contributed by atoms with van der Waals surface area (Å²) in [7, 11) is 0. The topological polar surface area (TPSA) is 83.0 Å². The predicted octanol–water partition coefficient (Wildman–Crippen LogP) is 8.27. The van der Waals surface area contributed by atoms with E-state index in [-0.39, 0.29) is 16.9 Å². The summed E-state index contributed by atoms with van der Waals surface area (Å²) in [5.74, 6) is 1.22. The average molecular weight is 624 g/mol. The molecule has 2 aliphatic heterocycles. The van der Waals surface area contributed by atoms with Crippen LogP contribution in [0.15, 0.2) is 53.6 Å². The Balaban J connectivity index is 1.40. The van der Waals surface area contributed by atoms with Crippen LogP contribution in [-0.2, 0) is 4.74 Å². The van der Waals surface area contributed by atoms with Crippen molar-refractivity contribution in [3.63, 3.8) is 0 Å². The van der Waals surface area contributed by atoms with Gasteiger partial charge in [-0.1, -0.05) is 43.7 Å². The third kappa shape index (κ3) is 7.83. The van der Waals surface area contributed by atoms with Crippen LogP contribution in [0.4, 0.5) is 23.1 Å². The molecule has 1 fully saturated rings. The number of benzene rings is 2. The summed E-state index contributed by atoms with van der Waals surface area (Å²) >= 11 is 8.15. The van der Waals surface area contributed by atoms with Gasteiger partial charge in [-0.05, 0) is 81.0 Å². The highest BCUT2D eigenvalue weighted by Crippen LogP contribution is 2.39. The number of hydrogen-bond donors (Lipinski definition) is 2. The Bertz CT molecular complexity index is 1440. The van der Waals surface area contributed by atoms with Crippen molar-refractivity contribution in [3.8, 4) is 5.75 Å². The first-order chi connectivity index (χ1) is 20.7. The van der Waals surface area contributed by atoms with E-state index in [1.165, 1.54) is 17.3 Å². The van der Waals surface area contributed by atoms with Crippen molar-refractivity contribution in [2.45, 2.75) is 76.2 Å². The maximum Gasteiger partial charge on any atom is 0.229 e. The molecule has 2 aliphatic rings. The van der Waals surface area contributed by atoms with Crippen molar-refractivity contribution < 1.29 is 14.7 Å². The second-order valence-corrected chi connectivity index (χ2v) is 13.6. The fourth-order valence-corrected chi connectivity index (χ4v) is 6.69. The highest BCUT2D eigenvalue weighted by atomic mass is 35.5. The number of thioether (sulfide) groups is 1. The Morgan fingerprint density at radius 2 is 1.93 bits per heavy atom. The van der Waals surface area contributed by atoms with Gasteiger partial charge in [0.05, 0.1) is 23.7 Å². The van der Waals surface area contributed by atoms with E-state index >= 15 is 0 Å². The van der Waals surface area contributed by atoms with Crippen molar-refractivity contribution in [1.29, 1.82) is 0 Å². The summed E-state index contributed by atoms with van der Waals surface area (Å²) < 4.78 is 11.8. The van der Waals surface area contributed by atoms with E-state index in [1.54, 1.807) is 11.8 Å². The van der Waals surface area contributed by atoms with E-state index in [0.29, 0.717) is 22.9 Å². The first-order valence-corrected chi connectivity index (χ1v) is 16.3. The molecule has 0 amide bonds. The van der Waals surface area contributed by atoms with Crippen LogP contribution >= 0.6 is 23.4 Å². The molecule has 43 heavy (non-hydrogen) atoms. The first kappa shape index (κ1) is 31.6. The highest BCUT2D eigenvalue weighted by Gasteiger charge is 2.25. The minimum atomic E-state index is -0.0231. The first-order valence-electron chi connectivity index (χ1n) is 15.1. The number of ether oxygens (including phenoxy) is 2. The van der Waals surface area contributed by atoms with Crippen LogP contribution in [0.25, 0.3) is 5.57 Å². The molecule has 3 aromatic rings. The Hall–Kier alpha value is -2.82. The van der Waals surface area contributed by atoms with Gasteiger partial charge in [0.2, 0.25) is 5.95 Å². The van der Waals surface area contributed by atoms with Gasteiger partial charge in [0.15, 0.2) is 5.82 Å². The summed E-state index contributed by atoms with van der Waals surface area (Å²) in [5, 5.41) is 16.2. The molecule has 0 radical (unpaired) electrons. The lowest BCUT2D eigenvalue weighted by atomic mass is 9.93. The van der Waals surface area contributed by atoms with Crippen LogP contribution < -0.4 is 15.1 Å². The van der Waals surface area contributed by atoms with Crippen LogP contribution in [0.1, 0.15) is 58.1 Å². The molecule has 2 aromatic carbocycles. The lowest BCUT2D eigenvalue weighted by Gasteiger charge is -2.36. The smallest absolute Gasteiger partial charge is 0.229 e. The standard InChI is InChI=1S/C33H42ClN5O3S/c1-21(2)42-30-19-26(24-10-14-38(15-11-24)25-12-16-41-17-13-25)23(5)18-28(30)36-33-35-20-27(34)32(37-33)39(40)29-8-6-7-9-31(29)43-22(3)4/h6-10,18-22,25,40H,11-17H2,1-5H3,(H,35,36,37). The van der Waals surface area contributed by atoms with E-state index in [2.05, 4.69) is 59.2 Å². The van der Waals surface area contributed by atoms with Crippen molar-refractivity contribution >= 4 is 52.1 Å². The molecule has 10 heteroatoms. The predicted molar refractivity (Wildman–Crippen MR) is 177 cm³/mol. The minimum Gasteiger partial charge on any atom is -0.489 e. The zero-order valence-corrected chi connectivity index (χ0v) is 27.2. The van der Waals surface area contributed by atoms with Gasteiger partial charge in [0.1, 0.15) is 10.8 Å². The number of hydrogen-bond acceptors (Lipinski definition) is 9. The second kappa shape index (κ2) is 14.3. The zero-order valence-electron chi connectivity index (χ0n) is 25.6. The Morgan fingerprint density at radius 1 is 1.16 bits per heavy atom. The summed E-state index contributed by atoms with van der Waals surface area (Å²) in [5.41, 5.74) is 5.05. The third-order valence-corrected chi connectivity index (χ3v) is 8.95. The number of nitrogens with one attached hydrogen (secondary N) is 1. The molecular formula is C33H42ClN5O3S. The number of anilines is 4. The Morgan fingerprint density at radius 3 is 2.63 bits per heavy atom. The van der Waals surface area contributed by atoms with E-state index in [9.17, 15) is 5.21 Å². The number of nitrogens with zero attached hydrogens (tertiary/aromatic N) is 4. The largest absolute Gasteiger partial charge is 0.489 e. The average Bonchev–Trinajstić information content (AvgIpc) is 2.99. The summed E-state index contributed by atoms with van der Waals surface area (Å²) in [6, 6.07) is 12.5. The van der Waals surface area contributed by atoms with E-state index in [0.717, 1.165) is 72.5 Å². The van der Waals surface area contributed by atoms with Gasteiger partial charge in [-0.15, -0.1) is 11.8 Å². The molecule has 8 nitrogen and oxygen atoms in total. The van der Waals surface area contributed by atoms with Crippen LogP contribution in [0.3, 0.4) is 0 Å². The Labute approximate surface area is 264 Å². The van der Waals surface area contributed by atoms with Crippen LogP contribution in [0.5, 0.6) is 5.75 Å². The van der Waals surface area contributed by atoms with E-state index in [4.69, 9.17) is 21.1 Å². The van der Waals surface area contributed by atoms with E-state index < -0.39 is 0 Å². The van der Waals surface area contributed by atoms with Gasteiger partial charge in [0.25, 0.3) is 0 Å². The van der Waals surface area contributed by atoms with Gasteiger partial charge in [0, 0.05) is 42.5 Å². The summed E-state index contributed by atoms with van der Waals surface area (Å²) in [6.45, 7) is 14.1. The molecule has 0 spiro atoms. The van der Waals surface area contributed by atoms with Crippen LogP contribution in [-0.4, -0.2) is 63.8 Å². The number of para-hydroxylation sites is 1. The number of rotatable bonds is 10. The van der Waals surface area contributed by atoms with Crippen molar-refractivity contribution in [2.24, 2.45) is 0 Å². The van der Waals surface area contributed by atoms with Gasteiger partial charge in [-0.25, -0.2) is 10.0 Å². The molecular weight excluding hydrogens is 582 g/mol. The molecule has 230 valence electrons. The zero-order chi connectivity index (χ0) is 30.5. The third-order valence-electron chi connectivity index (χ3n) is 7.61. The Kier molecular flexibility index (Phi) is 10.5. The number of aryl methyl sites for hydroxylation is 1. The quantitative estimate of drug-likeness (QED) is 0.171. The van der Waals surface area contributed by atoms with Crippen LogP contribution in [0, 0.1) is 6.92 Å². The molecule has 0 aliphatic carbocycles. The van der Waals surface area contributed by atoms with Crippen molar-refractivity contribution in [2.75, 3.05) is 36.7 Å². The maximum atomic E-state index is 11.2. The number of aromatic nitrogens is 2. The normalized spacial score (nSPS) is 16.4. The molecule has 5 rings (SSSR count). The van der Waals surface area contributed by atoms with Gasteiger partial charge in [-0.2, -0.15) is 4.98 Å². The SMILES string of the molecule is Cc1cc(Nc2ncc(Cl)c(N(O)c3ccccc3SC(C)C)n2)c(OC(C)C)cc1C1=CCN(C2CCOCC2)CC1. The maximum absolute atomic E-state index is 11.2. The lowest BCUT2D eigenvalue weighted by Crippen LogP contribution is -2.41. The molecule has 1 saturated heterocycles. The summed E-state index contributed by atoms with van der Waals surface area (Å²) in [6.07, 6.45) is 7.06. The molecule has 0 unspecified atom stereocenters. The van der Waals surface area contributed by atoms with Gasteiger partial charge < -0.3 is 14.8 Å². The molecule has 3 heterocycles. The van der Waals surface area contributed by atoms with E-state index in [1.807, 2.05) is 38.1 Å². The fourth-order valence-electron chi connectivity index (χ4n) is 5.58. The van der Waals surface area contributed by atoms with Crippen LogP contribution in [0.2, 0.25) is 5.02 Å². The lowest BCUT2D eigenvalue weighted by molar-refractivity contribution is 0.0378. The van der Waals surface area contributed by atoms with Gasteiger partial charge in [-0.3, -0.25) is 10.1 Å². The molecule has 0 atom stereocenters. The highest BCUT2D eigenvalue weighted by molar-refractivity contribution is 8.00.